The van der Waals surface area contributed by atoms with Crippen LogP contribution in [0.25, 0.3) is 0 Å². The predicted octanol–water partition coefficient (Wildman–Crippen LogP) is 4.71. The Morgan fingerprint density at radius 3 is 2.32 bits per heavy atom. The summed E-state index contributed by atoms with van der Waals surface area (Å²) < 4.78 is 24.1. The molecule has 168 valence electrons. The molecule has 9 heteroatoms. The Labute approximate surface area is 190 Å². The molecule has 0 bridgehead atoms. The molecule has 0 aliphatic rings. The van der Waals surface area contributed by atoms with Crippen LogP contribution >= 0.6 is 23.3 Å². The number of hydrogen-bond acceptors (Lipinski definition) is 5. The Balaban J connectivity index is 1.99. The number of ether oxygens (including phenoxy) is 2. The lowest BCUT2D eigenvalue weighted by atomic mass is 10.0. The molecule has 2 rings (SSSR count). The molecular weight excluding hydrogens is 485 g/mol. The highest BCUT2D eigenvalue weighted by atomic mass is 79.9. The smallest absolute Gasteiger partial charge is 0.408 e. The summed E-state index contributed by atoms with van der Waals surface area (Å²) in [7, 11) is -3.94. The zero-order chi connectivity index (χ0) is 22.9. The third-order valence-corrected chi connectivity index (χ3v) is 7.47. The minimum Gasteiger partial charge on any atom is -0.466 e. The Morgan fingerprint density at radius 1 is 1.06 bits per heavy atom. The highest BCUT2D eigenvalue weighted by Gasteiger charge is 2.35. The fourth-order valence-corrected chi connectivity index (χ4v) is 4.70. The molecule has 3 atom stereocenters. The van der Waals surface area contributed by atoms with Crippen molar-refractivity contribution in [1.29, 1.82) is 0 Å². The van der Waals surface area contributed by atoms with Crippen LogP contribution in [0.4, 0.5) is 4.79 Å². The van der Waals surface area contributed by atoms with Crippen LogP contribution in [-0.2, 0) is 31.9 Å². The van der Waals surface area contributed by atoms with Crippen molar-refractivity contribution in [2.45, 2.75) is 32.7 Å². The van der Waals surface area contributed by atoms with Gasteiger partial charge in [-0.3, -0.25) is 9.36 Å². The summed E-state index contributed by atoms with van der Waals surface area (Å²) in [6.45, 7) is 3.32. The molecule has 0 heterocycles. The van der Waals surface area contributed by atoms with Crippen LogP contribution in [0.1, 0.15) is 25.0 Å². The molecule has 2 unspecified atom stereocenters. The largest absolute Gasteiger partial charge is 0.466 e. The van der Waals surface area contributed by atoms with E-state index in [-0.39, 0.29) is 25.8 Å². The number of hydrogen-bond donors (Lipinski definition) is 2. The molecule has 0 aliphatic heterocycles. The highest BCUT2D eigenvalue weighted by Crippen LogP contribution is 2.47. The molecule has 2 aromatic rings. The standard InChI is InChI=1S/C22H27BrNO6P/c1-3-29-21(25)19(13-17-9-11-20(23)12-10-17)15-31(27,28)16(2)24-22(26)30-14-18-7-5-4-6-8-18/h4-12,16,19H,3,13-15H2,1-2H3,(H,24,26)(H,27,28)/t16?,19-/m0/s1. The third kappa shape index (κ3) is 8.48. The lowest BCUT2D eigenvalue weighted by Crippen LogP contribution is -2.35. The van der Waals surface area contributed by atoms with Crippen LogP contribution in [0.2, 0.25) is 0 Å². The van der Waals surface area contributed by atoms with Gasteiger partial charge in [0.05, 0.1) is 12.5 Å². The molecule has 31 heavy (non-hydrogen) atoms. The monoisotopic (exact) mass is 511 g/mol. The second-order valence-corrected chi connectivity index (χ2v) is 10.7. The van der Waals surface area contributed by atoms with Crippen molar-refractivity contribution in [3.05, 3.63) is 70.2 Å². The lowest BCUT2D eigenvalue weighted by molar-refractivity contribution is -0.147. The van der Waals surface area contributed by atoms with Crippen molar-refractivity contribution in [3.8, 4) is 0 Å². The van der Waals surface area contributed by atoms with E-state index in [4.69, 9.17) is 9.47 Å². The van der Waals surface area contributed by atoms with Crippen molar-refractivity contribution in [1.82, 2.24) is 5.32 Å². The Kier molecular flexibility index (Phi) is 9.75. The summed E-state index contributed by atoms with van der Waals surface area (Å²) in [4.78, 5) is 35.1. The number of alkyl carbamates (subject to hydrolysis) is 1. The first-order valence-electron chi connectivity index (χ1n) is 9.91. The van der Waals surface area contributed by atoms with Gasteiger partial charge in [0, 0.05) is 10.6 Å². The lowest BCUT2D eigenvalue weighted by Gasteiger charge is -2.24. The summed E-state index contributed by atoms with van der Waals surface area (Å²) in [6, 6.07) is 16.4. The first-order valence-corrected chi connectivity index (χ1v) is 12.6. The van der Waals surface area contributed by atoms with Crippen molar-refractivity contribution < 1.29 is 28.5 Å². The summed E-state index contributed by atoms with van der Waals surface area (Å²) in [5, 5.41) is 2.41. The number of carbonyl (C=O) groups is 2. The van der Waals surface area contributed by atoms with Gasteiger partial charge in [0.2, 0.25) is 7.37 Å². The average Bonchev–Trinajstić information content (AvgIpc) is 2.74. The van der Waals surface area contributed by atoms with E-state index in [2.05, 4.69) is 21.2 Å². The maximum absolute atomic E-state index is 13.0. The number of amides is 1. The van der Waals surface area contributed by atoms with Gasteiger partial charge in [0.1, 0.15) is 12.4 Å². The maximum Gasteiger partial charge on any atom is 0.408 e. The van der Waals surface area contributed by atoms with Crippen molar-refractivity contribution in [3.63, 3.8) is 0 Å². The van der Waals surface area contributed by atoms with Crippen LogP contribution in [0.3, 0.4) is 0 Å². The molecule has 0 aliphatic carbocycles. The molecule has 0 saturated carbocycles. The second-order valence-electron chi connectivity index (χ2n) is 7.10. The minimum absolute atomic E-state index is 0.0458. The third-order valence-electron chi connectivity index (χ3n) is 4.64. The number of rotatable bonds is 10. The van der Waals surface area contributed by atoms with E-state index in [9.17, 15) is 19.0 Å². The van der Waals surface area contributed by atoms with Gasteiger partial charge in [0.25, 0.3) is 0 Å². The Morgan fingerprint density at radius 2 is 1.71 bits per heavy atom. The quantitative estimate of drug-likeness (QED) is 0.353. The summed E-state index contributed by atoms with van der Waals surface area (Å²) >= 11 is 3.36. The molecular formula is C22H27BrNO6P. The summed E-state index contributed by atoms with van der Waals surface area (Å²) in [6.07, 6.45) is -0.865. The van der Waals surface area contributed by atoms with Crippen molar-refractivity contribution >= 4 is 35.4 Å². The number of nitrogens with one attached hydrogen (secondary N) is 1. The topological polar surface area (TPSA) is 102 Å². The van der Waals surface area contributed by atoms with Gasteiger partial charge in [-0.25, -0.2) is 4.79 Å². The van der Waals surface area contributed by atoms with Gasteiger partial charge in [-0.05, 0) is 43.5 Å². The highest BCUT2D eigenvalue weighted by molar-refractivity contribution is 9.10. The number of carbonyl (C=O) groups excluding carboxylic acids is 2. The average molecular weight is 512 g/mol. The Bertz CT molecular complexity index is 906. The molecule has 1 amide bonds. The van der Waals surface area contributed by atoms with Gasteiger partial charge in [-0.2, -0.15) is 0 Å². The van der Waals surface area contributed by atoms with Crippen LogP contribution < -0.4 is 5.32 Å². The molecule has 0 spiro atoms. The molecule has 2 aromatic carbocycles. The Hall–Kier alpha value is -2.15. The SMILES string of the molecule is CCOC(=O)[C@@H](Cc1ccc(Br)cc1)CP(=O)(O)C(C)NC(=O)OCc1ccccc1. The van der Waals surface area contributed by atoms with E-state index in [1.165, 1.54) is 6.92 Å². The number of benzene rings is 2. The minimum atomic E-state index is -3.94. The van der Waals surface area contributed by atoms with E-state index in [1.807, 2.05) is 42.5 Å². The number of halogens is 1. The molecule has 0 fully saturated rings. The molecule has 0 aromatic heterocycles. The maximum atomic E-state index is 13.0. The molecule has 2 N–H and O–H groups in total. The molecule has 0 radical (unpaired) electrons. The fraction of sp³-hybridized carbons (Fsp3) is 0.364. The van der Waals surface area contributed by atoms with Gasteiger partial charge >= 0.3 is 12.1 Å². The number of esters is 1. The first-order chi connectivity index (χ1) is 14.7. The molecule has 7 nitrogen and oxygen atoms in total. The second kappa shape index (κ2) is 12.0. The van der Waals surface area contributed by atoms with Crippen LogP contribution in [0.15, 0.2) is 59.1 Å². The van der Waals surface area contributed by atoms with E-state index in [0.29, 0.717) is 0 Å². The van der Waals surface area contributed by atoms with Crippen LogP contribution in [0, 0.1) is 5.92 Å². The van der Waals surface area contributed by atoms with E-state index >= 15 is 0 Å². The van der Waals surface area contributed by atoms with Gasteiger partial charge in [0.15, 0.2) is 0 Å². The summed E-state index contributed by atoms with van der Waals surface area (Å²) in [5.41, 5.74) is 1.64. The van der Waals surface area contributed by atoms with Crippen molar-refractivity contribution in [2.75, 3.05) is 12.8 Å². The fourth-order valence-electron chi connectivity index (χ4n) is 2.90. The van der Waals surface area contributed by atoms with E-state index < -0.39 is 31.1 Å². The van der Waals surface area contributed by atoms with Gasteiger partial charge in [-0.15, -0.1) is 0 Å². The van der Waals surface area contributed by atoms with E-state index in [0.717, 1.165) is 15.6 Å². The zero-order valence-corrected chi connectivity index (χ0v) is 20.0. The normalized spacial score (nSPS) is 14.7. The van der Waals surface area contributed by atoms with Crippen molar-refractivity contribution in [2.24, 2.45) is 5.92 Å². The summed E-state index contributed by atoms with van der Waals surface area (Å²) in [5.74, 6) is -2.45. The van der Waals surface area contributed by atoms with Crippen LogP contribution in [0.5, 0.6) is 0 Å². The van der Waals surface area contributed by atoms with Gasteiger partial charge in [-0.1, -0.05) is 58.4 Å². The van der Waals surface area contributed by atoms with Gasteiger partial charge < -0.3 is 19.7 Å². The van der Waals surface area contributed by atoms with Crippen LogP contribution in [-0.4, -0.2) is 35.5 Å². The van der Waals surface area contributed by atoms with E-state index in [1.54, 1.807) is 19.1 Å². The molecule has 0 saturated heterocycles. The predicted molar refractivity (Wildman–Crippen MR) is 122 cm³/mol. The zero-order valence-electron chi connectivity index (χ0n) is 17.5. The first kappa shape index (κ1) is 25.1.